The molecule has 9 nitrogen and oxygen atoms in total. The van der Waals surface area contributed by atoms with Crippen molar-refractivity contribution in [2.75, 3.05) is 13.6 Å². The standard InChI is InChI=1S/C25H23F3N8O/c1-35-10-9-15-19(22(35)25(26,27)28)31-12-36(15)21-16(13-5-3-2-4-6-13)20(23(29)37)33-18(14-7-8-14)17(21)24-30-11-32-34-24/h2-6,11-12,14,22H,7-10H2,1H3,(H2,29,37)(H,30,32,34). The molecule has 3 aromatic heterocycles. The zero-order chi connectivity index (χ0) is 25.9. The molecule has 4 heterocycles. The number of pyridine rings is 1. The molecule has 1 aliphatic carbocycles. The summed E-state index contributed by atoms with van der Waals surface area (Å²) in [5.74, 6) is -0.261. The molecule has 12 heteroatoms. The van der Waals surface area contributed by atoms with Gasteiger partial charge in [0.2, 0.25) is 0 Å². The Balaban J connectivity index is 1.73. The van der Waals surface area contributed by atoms with Crippen molar-refractivity contribution < 1.29 is 18.0 Å². The lowest BCUT2D eigenvalue weighted by Crippen LogP contribution is -2.41. The van der Waals surface area contributed by atoms with Crippen LogP contribution >= 0.6 is 0 Å². The fraction of sp³-hybridized carbons (Fsp3) is 0.320. The van der Waals surface area contributed by atoms with Crippen molar-refractivity contribution in [2.45, 2.75) is 37.4 Å². The van der Waals surface area contributed by atoms with Crippen molar-refractivity contribution in [1.29, 1.82) is 0 Å². The summed E-state index contributed by atoms with van der Waals surface area (Å²) in [4.78, 5) is 27.4. The Labute approximate surface area is 209 Å². The molecule has 3 N–H and O–H groups in total. The molecule has 1 aromatic carbocycles. The van der Waals surface area contributed by atoms with E-state index in [1.165, 1.54) is 24.6 Å². The summed E-state index contributed by atoms with van der Waals surface area (Å²) in [5, 5.41) is 6.89. The predicted molar refractivity (Wildman–Crippen MR) is 128 cm³/mol. The van der Waals surface area contributed by atoms with Gasteiger partial charge in [-0.2, -0.15) is 18.3 Å². The molecule has 1 atom stereocenters. The van der Waals surface area contributed by atoms with Crippen LogP contribution in [0.15, 0.2) is 43.0 Å². The maximum Gasteiger partial charge on any atom is 0.409 e. The van der Waals surface area contributed by atoms with Crippen molar-refractivity contribution in [2.24, 2.45) is 5.73 Å². The molecule has 2 aliphatic rings. The number of primary amides is 1. The van der Waals surface area contributed by atoms with Crippen LogP contribution in [0, 0.1) is 0 Å². The molecule has 0 radical (unpaired) electrons. The molecule has 1 saturated carbocycles. The van der Waals surface area contributed by atoms with Crippen LogP contribution < -0.4 is 5.73 Å². The maximum atomic E-state index is 14.1. The number of aromatic amines is 1. The fourth-order valence-electron chi connectivity index (χ4n) is 5.18. The average molecular weight is 509 g/mol. The highest BCUT2D eigenvalue weighted by Gasteiger charge is 2.48. The van der Waals surface area contributed by atoms with Crippen LogP contribution in [0.1, 0.15) is 52.4 Å². The van der Waals surface area contributed by atoms with Gasteiger partial charge in [0.15, 0.2) is 11.9 Å². The van der Waals surface area contributed by atoms with Gasteiger partial charge in [0.1, 0.15) is 12.0 Å². The van der Waals surface area contributed by atoms with E-state index in [1.54, 1.807) is 4.57 Å². The van der Waals surface area contributed by atoms with E-state index >= 15 is 0 Å². The van der Waals surface area contributed by atoms with Crippen LogP contribution in [0.3, 0.4) is 0 Å². The summed E-state index contributed by atoms with van der Waals surface area (Å²) >= 11 is 0. The van der Waals surface area contributed by atoms with E-state index in [-0.39, 0.29) is 23.9 Å². The minimum atomic E-state index is -4.51. The van der Waals surface area contributed by atoms with E-state index in [4.69, 9.17) is 10.7 Å². The van der Waals surface area contributed by atoms with E-state index in [2.05, 4.69) is 20.2 Å². The summed E-state index contributed by atoms with van der Waals surface area (Å²) in [6.07, 6.45) is 0.299. The Bertz CT molecular complexity index is 1480. The summed E-state index contributed by atoms with van der Waals surface area (Å²) < 4.78 is 43.9. The van der Waals surface area contributed by atoms with Crippen molar-refractivity contribution in [3.8, 4) is 28.2 Å². The van der Waals surface area contributed by atoms with Gasteiger partial charge in [0, 0.05) is 30.1 Å². The Morgan fingerprint density at radius 1 is 1.11 bits per heavy atom. The molecule has 1 fully saturated rings. The molecule has 4 aromatic rings. The number of H-pyrrole nitrogens is 1. The quantitative estimate of drug-likeness (QED) is 0.424. The van der Waals surface area contributed by atoms with Crippen LogP contribution in [-0.2, 0) is 6.42 Å². The number of aromatic nitrogens is 6. The van der Waals surface area contributed by atoms with Gasteiger partial charge in [0.25, 0.3) is 5.91 Å². The second kappa shape index (κ2) is 8.51. The first kappa shape index (κ1) is 23.3. The number of amides is 1. The minimum Gasteiger partial charge on any atom is -0.364 e. The lowest BCUT2D eigenvalue weighted by atomic mass is 9.94. The number of nitrogens with zero attached hydrogens (tertiary/aromatic N) is 6. The van der Waals surface area contributed by atoms with E-state index in [9.17, 15) is 18.0 Å². The highest BCUT2D eigenvalue weighted by Crippen LogP contribution is 2.49. The number of carbonyl (C=O) groups is 1. The third kappa shape index (κ3) is 3.88. The number of fused-ring (bicyclic) bond motifs is 1. The van der Waals surface area contributed by atoms with Crippen molar-refractivity contribution in [1.82, 2.24) is 34.6 Å². The number of halogens is 3. The lowest BCUT2D eigenvalue weighted by molar-refractivity contribution is -0.186. The van der Waals surface area contributed by atoms with Gasteiger partial charge in [-0.15, -0.1) is 0 Å². The van der Waals surface area contributed by atoms with Gasteiger partial charge in [0.05, 0.1) is 29.0 Å². The van der Waals surface area contributed by atoms with E-state index in [0.29, 0.717) is 46.0 Å². The van der Waals surface area contributed by atoms with Crippen molar-refractivity contribution >= 4 is 5.91 Å². The maximum absolute atomic E-state index is 14.1. The number of hydrogen-bond donors (Lipinski definition) is 2. The first-order chi connectivity index (χ1) is 17.8. The summed E-state index contributed by atoms with van der Waals surface area (Å²) in [5.41, 5.74) is 8.96. The molecule has 6 rings (SSSR count). The molecule has 1 aliphatic heterocycles. The third-order valence-corrected chi connectivity index (χ3v) is 6.96. The second-order valence-electron chi connectivity index (χ2n) is 9.40. The number of benzene rings is 1. The Hall–Kier alpha value is -4.06. The Kier molecular flexibility index (Phi) is 5.37. The van der Waals surface area contributed by atoms with E-state index in [1.807, 2.05) is 30.3 Å². The third-order valence-electron chi connectivity index (χ3n) is 6.96. The first-order valence-electron chi connectivity index (χ1n) is 11.9. The topological polar surface area (TPSA) is 119 Å². The number of hydrogen-bond acceptors (Lipinski definition) is 6. The molecule has 0 spiro atoms. The van der Waals surface area contributed by atoms with Crippen LogP contribution in [0.2, 0.25) is 0 Å². The van der Waals surface area contributed by atoms with Crippen LogP contribution in [0.4, 0.5) is 13.2 Å². The monoisotopic (exact) mass is 508 g/mol. The number of carbonyl (C=O) groups excluding carboxylic acids is 1. The molecule has 190 valence electrons. The Morgan fingerprint density at radius 2 is 1.86 bits per heavy atom. The van der Waals surface area contributed by atoms with Gasteiger partial charge < -0.3 is 10.3 Å². The zero-order valence-electron chi connectivity index (χ0n) is 19.8. The number of rotatable bonds is 5. The molecular formula is C25H23F3N8O. The normalized spacial score (nSPS) is 18.1. The van der Waals surface area contributed by atoms with Gasteiger partial charge >= 0.3 is 6.18 Å². The Morgan fingerprint density at radius 3 is 2.49 bits per heavy atom. The minimum absolute atomic E-state index is 0.0501. The molecule has 0 bridgehead atoms. The molecule has 1 amide bonds. The molecule has 0 saturated heterocycles. The summed E-state index contributed by atoms with van der Waals surface area (Å²) in [6, 6.07) is 7.23. The summed E-state index contributed by atoms with van der Waals surface area (Å²) in [7, 11) is 1.44. The molecule has 1 unspecified atom stereocenters. The number of imidazole rings is 1. The predicted octanol–water partition coefficient (Wildman–Crippen LogP) is 3.79. The number of nitrogens with two attached hydrogens (primary N) is 1. The van der Waals surface area contributed by atoms with Gasteiger partial charge in [-0.05, 0) is 25.5 Å². The average Bonchev–Trinajstić information content (AvgIpc) is 3.40. The van der Waals surface area contributed by atoms with E-state index in [0.717, 1.165) is 12.8 Å². The van der Waals surface area contributed by atoms with E-state index < -0.39 is 18.1 Å². The second-order valence-corrected chi connectivity index (χ2v) is 9.40. The van der Waals surface area contributed by atoms with Crippen molar-refractivity contribution in [3.05, 3.63) is 65.8 Å². The molecule has 37 heavy (non-hydrogen) atoms. The van der Waals surface area contributed by atoms with Crippen LogP contribution in [-0.4, -0.2) is 60.3 Å². The van der Waals surface area contributed by atoms with Gasteiger partial charge in [-0.1, -0.05) is 30.3 Å². The SMILES string of the molecule is CN1CCc2c(ncn2-c2c(-c3ccccc3)c(C(N)=O)nc(C3CC3)c2-c2ncn[nH]2)C1C(F)(F)F. The van der Waals surface area contributed by atoms with Crippen LogP contribution in [0.5, 0.6) is 0 Å². The lowest BCUT2D eigenvalue weighted by Gasteiger charge is -2.33. The largest absolute Gasteiger partial charge is 0.409 e. The van der Waals surface area contributed by atoms with Crippen LogP contribution in [0.25, 0.3) is 28.2 Å². The zero-order valence-corrected chi connectivity index (χ0v) is 19.8. The van der Waals surface area contributed by atoms with Crippen molar-refractivity contribution in [3.63, 3.8) is 0 Å². The number of alkyl halides is 3. The first-order valence-corrected chi connectivity index (χ1v) is 11.9. The van der Waals surface area contributed by atoms with Gasteiger partial charge in [-0.3, -0.25) is 14.8 Å². The smallest absolute Gasteiger partial charge is 0.364 e. The highest BCUT2D eigenvalue weighted by atomic mass is 19.4. The fourth-order valence-corrected chi connectivity index (χ4v) is 5.18. The number of nitrogens with one attached hydrogen (secondary N) is 1. The highest BCUT2D eigenvalue weighted by molar-refractivity contribution is 6.02. The molecular weight excluding hydrogens is 485 g/mol. The summed E-state index contributed by atoms with van der Waals surface area (Å²) in [6.45, 7) is 0.185. The van der Waals surface area contributed by atoms with Gasteiger partial charge in [-0.25, -0.2) is 15.0 Å². The number of likely N-dealkylation sites (N-methyl/N-ethyl adjacent to an activating group) is 1.